The molecule has 0 fully saturated rings. The van der Waals surface area contributed by atoms with Gasteiger partial charge < -0.3 is 4.74 Å². The van der Waals surface area contributed by atoms with Crippen molar-refractivity contribution in [1.82, 2.24) is 9.72 Å². The highest BCUT2D eigenvalue weighted by atomic mass is 35.5. The first kappa shape index (κ1) is 13.4. The first-order chi connectivity index (χ1) is 9.69. The number of hydrogen-bond acceptors (Lipinski definition) is 5. The summed E-state index contributed by atoms with van der Waals surface area (Å²) in [5, 5.41) is 7.51. The molecule has 1 aromatic carbocycles. The van der Waals surface area contributed by atoms with E-state index in [4.69, 9.17) is 16.3 Å². The Kier molecular flexibility index (Phi) is 3.60. The van der Waals surface area contributed by atoms with E-state index in [9.17, 15) is 4.79 Å². The number of thiophene rings is 1. The second-order valence-corrected chi connectivity index (χ2v) is 5.63. The van der Waals surface area contributed by atoms with Crippen molar-refractivity contribution in [2.24, 2.45) is 0 Å². The smallest absolute Gasteiger partial charge is 0.377 e. The number of ether oxygens (including phenoxy) is 1. The van der Waals surface area contributed by atoms with Crippen LogP contribution in [0, 0.1) is 0 Å². The fraction of sp³-hybridized carbons (Fsp3) is 0.231. The van der Waals surface area contributed by atoms with Gasteiger partial charge in [-0.3, -0.25) is 9.09 Å². The highest BCUT2D eigenvalue weighted by Gasteiger charge is 2.13. The molecular formula is C13H11ClN2O3S. The summed E-state index contributed by atoms with van der Waals surface area (Å²) < 4.78 is 12.3. The minimum Gasteiger partial charge on any atom is -0.377 e. The molecule has 0 N–H and O–H groups in total. The van der Waals surface area contributed by atoms with Crippen LogP contribution in [0.15, 0.2) is 32.9 Å². The van der Waals surface area contributed by atoms with Crippen LogP contribution < -0.4 is 5.76 Å². The Balaban J connectivity index is 2.01. The predicted octanol–water partition coefficient (Wildman–Crippen LogP) is 2.90. The monoisotopic (exact) mass is 310 g/mol. The highest BCUT2D eigenvalue weighted by molar-refractivity contribution is 7.17. The summed E-state index contributed by atoms with van der Waals surface area (Å²) in [5.41, 5.74) is 1.03. The van der Waals surface area contributed by atoms with E-state index >= 15 is 0 Å². The van der Waals surface area contributed by atoms with Crippen LogP contribution in [0.5, 0.6) is 0 Å². The minimum atomic E-state index is -0.481. The fourth-order valence-corrected chi connectivity index (χ4v) is 3.26. The first-order valence-corrected chi connectivity index (χ1v) is 7.15. The molecule has 0 bridgehead atoms. The number of rotatable bonds is 4. The topological polar surface area (TPSA) is 57.3 Å². The molecule has 0 spiro atoms. The molecule has 0 atom stereocenters. The van der Waals surface area contributed by atoms with E-state index in [1.807, 2.05) is 23.6 Å². The lowest BCUT2D eigenvalue weighted by molar-refractivity contribution is 0.171. The van der Waals surface area contributed by atoms with Gasteiger partial charge in [0, 0.05) is 16.8 Å². The highest BCUT2D eigenvalue weighted by Crippen LogP contribution is 2.29. The number of halogens is 1. The Bertz CT molecular complexity index is 805. The molecule has 0 saturated heterocycles. The van der Waals surface area contributed by atoms with Gasteiger partial charge in [-0.1, -0.05) is 22.8 Å². The third-order valence-electron chi connectivity index (χ3n) is 2.98. The second-order valence-electron chi connectivity index (χ2n) is 4.29. The summed E-state index contributed by atoms with van der Waals surface area (Å²) in [5.74, 6) is -0.00354. The largest absolute Gasteiger partial charge is 0.441 e. The average molecular weight is 311 g/mol. The van der Waals surface area contributed by atoms with Crippen molar-refractivity contribution in [2.45, 2.75) is 13.2 Å². The molecule has 0 aliphatic carbocycles. The molecule has 2 aromatic heterocycles. The normalized spacial score (nSPS) is 11.3. The summed E-state index contributed by atoms with van der Waals surface area (Å²) in [6.07, 6.45) is 0. The molecule has 0 saturated carbocycles. The maximum absolute atomic E-state index is 11.7. The van der Waals surface area contributed by atoms with Crippen LogP contribution in [-0.4, -0.2) is 16.8 Å². The van der Waals surface area contributed by atoms with Crippen molar-refractivity contribution in [2.75, 3.05) is 7.11 Å². The lowest BCUT2D eigenvalue weighted by Crippen LogP contribution is -2.18. The van der Waals surface area contributed by atoms with Crippen LogP contribution in [0.4, 0.5) is 0 Å². The summed E-state index contributed by atoms with van der Waals surface area (Å²) >= 11 is 7.57. The molecule has 0 radical (unpaired) electrons. The maximum atomic E-state index is 11.7. The van der Waals surface area contributed by atoms with Crippen molar-refractivity contribution in [3.8, 4) is 0 Å². The van der Waals surface area contributed by atoms with Crippen LogP contribution in [0.1, 0.15) is 11.4 Å². The zero-order valence-electron chi connectivity index (χ0n) is 10.6. The number of fused-ring (bicyclic) bond motifs is 1. The molecule has 0 aliphatic rings. The SMILES string of the molecule is COCc1noc(=O)n1Cc1csc2cc(Cl)ccc12. The summed E-state index contributed by atoms with van der Waals surface area (Å²) in [6, 6.07) is 5.71. The van der Waals surface area contributed by atoms with Crippen LogP contribution in [0.25, 0.3) is 10.1 Å². The molecule has 104 valence electrons. The van der Waals surface area contributed by atoms with Gasteiger partial charge >= 0.3 is 5.76 Å². The number of methoxy groups -OCH3 is 1. The quantitative estimate of drug-likeness (QED) is 0.743. The zero-order chi connectivity index (χ0) is 14.1. The Hall–Kier alpha value is -1.63. The predicted molar refractivity (Wildman–Crippen MR) is 77.4 cm³/mol. The van der Waals surface area contributed by atoms with Crippen molar-refractivity contribution in [1.29, 1.82) is 0 Å². The molecule has 7 heteroatoms. The molecular weight excluding hydrogens is 300 g/mol. The third-order valence-corrected chi connectivity index (χ3v) is 4.21. The van der Waals surface area contributed by atoms with Gasteiger partial charge in [-0.05, 0) is 28.5 Å². The third kappa shape index (κ3) is 2.37. The van der Waals surface area contributed by atoms with E-state index < -0.39 is 5.76 Å². The van der Waals surface area contributed by atoms with Gasteiger partial charge in [-0.2, -0.15) is 0 Å². The second kappa shape index (κ2) is 5.40. The molecule has 20 heavy (non-hydrogen) atoms. The summed E-state index contributed by atoms with van der Waals surface area (Å²) in [4.78, 5) is 11.7. The van der Waals surface area contributed by atoms with Gasteiger partial charge in [0.2, 0.25) is 0 Å². The van der Waals surface area contributed by atoms with E-state index in [1.54, 1.807) is 18.4 Å². The summed E-state index contributed by atoms with van der Waals surface area (Å²) in [6.45, 7) is 0.641. The average Bonchev–Trinajstić information content (AvgIpc) is 2.97. The molecule has 3 aromatic rings. The molecule has 0 unspecified atom stereocenters. The lowest BCUT2D eigenvalue weighted by atomic mass is 10.2. The van der Waals surface area contributed by atoms with Crippen molar-refractivity contribution >= 4 is 33.0 Å². The van der Waals surface area contributed by atoms with Crippen LogP contribution in [0.3, 0.4) is 0 Å². The number of benzene rings is 1. The zero-order valence-corrected chi connectivity index (χ0v) is 12.2. The number of nitrogens with zero attached hydrogens (tertiary/aromatic N) is 2. The lowest BCUT2D eigenvalue weighted by Gasteiger charge is -2.03. The minimum absolute atomic E-state index is 0.236. The van der Waals surface area contributed by atoms with Gasteiger partial charge in [0.1, 0.15) is 6.61 Å². The van der Waals surface area contributed by atoms with E-state index in [1.165, 1.54) is 4.57 Å². The van der Waals surface area contributed by atoms with Gasteiger partial charge in [-0.15, -0.1) is 11.3 Å². The molecule has 3 rings (SSSR count). The van der Waals surface area contributed by atoms with Gasteiger partial charge in [0.05, 0.1) is 6.54 Å². The Morgan fingerprint density at radius 2 is 2.35 bits per heavy atom. The van der Waals surface area contributed by atoms with Gasteiger partial charge in [-0.25, -0.2) is 4.79 Å². The van der Waals surface area contributed by atoms with Crippen LogP contribution >= 0.6 is 22.9 Å². The van der Waals surface area contributed by atoms with Crippen molar-refractivity contribution < 1.29 is 9.26 Å². The van der Waals surface area contributed by atoms with E-state index in [0.29, 0.717) is 17.4 Å². The van der Waals surface area contributed by atoms with Crippen LogP contribution in [0.2, 0.25) is 5.02 Å². The van der Waals surface area contributed by atoms with Gasteiger partial charge in [0.15, 0.2) is 5.82 Å². The number of hydrogen-bond donors (Lipinski definition) is 0. The fourth-order valence-electron chi connectivity index (χ4n) is 2.03. The molecule has 2 heterocycles. The van der Waals surface area contributed by atoms with Crippen molar-refractivity contribution in [3.05, 3.63) is 50.5 Å². The standard InChI is InChI=1S/C13H11ClN2O3S/c1-18-6-12-15-19-13(17)16(12)5-8-7-20-11-4-9(14)2-3-10(8)11/h2-4,7H,5-6H2,1H3. The number of aromatic nitrogens is 2. The van der Waals surface area contributed by atoms with Crippen LogP contribution in [-0.2, 0) is 17.9 Å². The first-order valence-electron chi connectivity index (χ1n) is 5.89. The Labute approximate surface area is 123 Å². The maximum Gasteiger partial charge on any atom is 0.441 e. The Morgan fingerprint density at radius 3 is 3.15 bits per heavy atom. The van der Waals surface area contributed by atoms with E-state index in [0.717, 1.165) is 15.6 Å². The van der Waals surface area contributed by atoms with E-state index in [-0.39, 0.29) is 6.61 Å². The molecule has 5 nitrogen and oxygen atoms in total. The summed E-state index contributed by atoms with van der Waals surface area (Å²) in [7, 11) is 1.55. The Morgan fingerprint density at radius 1 is 1.50 bits per heavy atom. The molecule has 0 amide bonds. The van der Waals surface area contributed by atoms with E-state index in [2.05, 4.69) is 9.68 Å². The molecule has 0 aliphatic heterocycles. The van der Waals surface area contributed by atoms with Crippen molar-refractivity contribution in [3.63, 3.8) is 0 Å². The van der Waals surface area contributed by atoms with Gasteiger partial charge in [0.25, 0.3) is 0 Å².